The zero-order chi connectivity index (χ0) is 21.1. The molecule has 0 unspecified atom stereocenters. The monoisotopic (exact) mass is 404 g/mol. The predicted molar refractivity (Wildman–Crippen MR) is 115 cm³/mol. The summed E-state index contributed by atoms with van der Waals surface area (Å²) in [5.41, 5.74) is 2.21. The molecular weight excluding hydrogens is 380 g/mol. The highest BCUT2D eigenvalue weighted by Crippen LogP contribution is 2.30. The van der Waals surface area contributed by atoms with Gasteiger partial charge in [-0.15, -0.1) is 0 Å². The van der Waals surface area contributed by atoms with Gasteiger partial charge in [-0.25, -0.2) is 0 Å². The summed E-state index contributed by atoms with van der Waals surface area (Å²) in [5.74, 6) is 0.142. The molecule has 1 heterocycles. The number of hydrogen-bond donors (Lipinski definition) is 2. The lowest BCUT2D eigenvalue weighted by Gasteiger charge is -2.27. The Morgan fingerprint density at radius 1 is 0.967 bits per heavy atom. The molecule has 0 atom stereocenters. The van der Waals surface area contributed by atoms with Crippen LogP contribution < -0.4 is 10.1 Å². The first kappa shape index (κ1) is 19.9. The van der Waals surface area contributed by atoms with Gasteiger partial charge in [-0.2, -0.15) is 0 Å². The molecule has 2 N–H and O–H groups in total. The topological polar surface area (TPSA) is 78.9 Å². The largest absolute Gasteiger partial charge is 0.504 e. The molecule has 0 saturated heterocycles. The van der Waals surface area contributed by atoms with Crippen molar-refractivity contribution < 1.29 is 19.4 Å². The van der Waals surface area contributed by atoms with Crippen LogP contribution in [0.1, 0.15) is 39.1 Å². The number of amides is 2. The molecule has 4 rings (SSSR count). The van der Waals surface area contributed by atoms with Gasteiger partial charge >= 0.3 is 0 Å². The van der Waals surface area contributed by atoms with E-state index >= 15 is 0 Å². The Morgan fingerprint density at radius 3 is 2.33 bits per heavy atom. The molecule has 2 amide bonds. The van der Waals surface area contributed by atoms with Crippen molar-refractivity contribution >= 4 is 22.6 Å². The van der Waals surface area contributed by atoms with Crippen LogP contribution in [0.25, 0.3) is 10.8 Å². The molecule has 0 saturated carbocycles. The number of phenols is 1. The maximum absolute atomic E-state index is 12.9. The summed E-state index contributed by atoms with van der Waals surface area (Å²) in [7, 11) is 1.52. The molecule has 0 aromatic heterocycles. The van der Waals surface area contributed by atoms with Gasteiger partial charge in [-0.1, -0.05) is 30.3 Å². The summed E-state index contributed by atoms with van der Waals surface area (Å²) in [6.45, 7) is 1.80. The fourth-order valence-electron chi connectivity index (χ4n) is 3.87. The van der Waals surface area contributed by atoms with Gasteiger partial charge in [0.2, 0.25) is 0 Å². The molecule has 3 aromatic carbocycles. The molecule has 1 aliphatic rings. The first-order valence-corrected chi connectivity index (χ1v) is 10.0. The van der Waals surface area contributed by atoms with Crippen LogP contribution in [0.5, 0.6) is 11.5 Å². The van der Waals surface area contributed by atoms with Crippen molar-refractivity contribution in [1.82, 2.24) is 10.2 Å². The zero-order valence-electron chi connectivity index (χ0n) is 16.9. The van der Waals surface area contributed by atoms with Crippen LogP contribution in [0.15, 0.2) is 54.6 Å². The van der Waals surface area contributed by atoms with Gasteiger partial charge in [0.05, 0.1) is 7.11 Å². The molecule has 3 aromatic rings. The third-order valence-electron chi connectivity index (χ3n) is 5.41. The molecule has 6 heteroatoms. The van der Waals surface area contributed by atoms with E-state index in [0.29, 0.717) is 30.0 Å². The lowest BCUT2D eigenvalue weighted by molar-refractivity contribution is 0.0608. The minimum Gasteiger partial charge on any atom is -0.504 e. The number of unbranched alkanes of at least 4 members (excludes halogenated alkanes) is 1. The quantitative estimate of drug-likeness (QED) is 0.442. The third kappa shape index (κ3) is 3.74. The Labute approximate surface area is 175 Å². The minimum atomic E-state index is -0.214. The van der Waals surface area contributed by atoms with E-state index in [4.69, 9.17) is 4.74 Å². The summed E-state index contributed by atoms with van der Waals surface area (Å²) in [4.78, 5) is 27.1. The van der Waals surface area contributed by atoms with Crippen LogP contribution in [0.4, 0.5) is 0 Å². The van der Waals surface area contributed by atoms with Crippen LogP contribution in [0.3, 0.4) is 0 Å². The van der Waals surface area contributed by atoms with E-state index in [1.165, 1.54) is 12.0 Å². The van der Waals surface area contributed by atoms with Crippen molar-refractivity contribution in [3.05, 3.63) is 71.3 Å². The van der Waals surface area contributed by atoms with Gasteiger partial charge in [0.1, 0.15) is 0 Å². The van der Waals surface area contributed by atoms with Crippen molar-refractivity contribution in [2.24, 2.45) is 0 Å². The number of carbonyl (C=O) groups excluding carboxylic acids is 2. The Balaban J connectivity index is 1.31. The Hall–Kier alpha value is -3.38. The van der Waals surface area contributed by atoms with Crippen LogP contribution in [-0.2, 0) is 6.54 Å². The number of imide groups is 1. The van der Waals surface area contributed by atoms with Crippen molar-refractivity contribution in [2.75, 3.05) is 20.2 Å². The highest BCUT2D eigenvalue weighted by Gasteiger charge is 2.31. The van der Waals surface area contributed by atoms with Crippen molar-refractivity contribution in [1.29, 1.82) is 0 Å². The Bertz CT molecular complexity index is 1060. The van der Waals surface area contributed by atoms with Crippen LogP contribution in [0.2, 0.25) is 0 Å². The first-order chi connectivity index (χ1) is 14.6. The third-order valence-corrected chi connectivity index (χ3v) is 5.41. The van der Waals surface area contributed by atoms with Gasteiger partial charge in [-0.3, -0.25) is 14.5 Å². The SMILES string of the molecule is COc1cc(CNCCCCN2C(=O)c3cccc4cccc(c34)C2=O)ccc1O. The maximum Gasteiger partial charge on any atom is 0.261 e. The second-order valence-electron chi connectivity index (χ2n) is 7.36. The zero-order valence-corrected chi connectivity index (χ0v) is 16.9. The molecule has 0 radical (unpaired) electrons. The molecule has 6 nitrogen and oxygen atoms in total. The predicted octanol–water partition coefficient (Wildman–Crippen LogP) is 3.72. The van der Waals surface area contributed by atoms with Gasteiger partial charge in [0, 0.05) is 29.6 Å². The summed E-state index contributed by atoms with van der Waals surface area (Å²) in [6.07, 6.45) is 1.56. The van der Waals surface area contributed by atoms with Crippen LogP contribution in [0, 0.1) is 0 Å². The molecule has 154 valence electrons. The van der Waals surface area contributed by atoms with E-state index in [9.17, 15) is 14.7 Å². The van der Waals surface area contributed by atoms with Crippen LogP contribution in [-0.4, -0.2) is 42.0 Å². The molecule has 0 spiro atoms. The van der Waals surface area contributed by atoms with E-state index in [2.05, 4.69) is 5.32 Å². The van der Waals surface area contributed by atoms with Gasteiger partial charge in [-0.05, 0) is 54.6 Å². The molecule has 30 heavy (non-hydrogen) atoms. The van der Waals surface area contributed by atoms with Gasteiger partial charge in [0.15, 0.2) is 11.5 Å². The van der Waals surface area contributed by atoms with E-state index in [-0.39, 0.29) is 17.6 Å². The number of phenolic OH excluding ortho intramolecular Hbond substituents is 1. The minimum absolute atomic E-state index is 0.120. The number of methoxy groups -OCH3 is 1. The number of carbonyl (C=O) groups is 2. The smallest absolute Gasteiger partial charge is 0.261 e. The number of aromatic hydroxyl groups is 1. The van der Waals surface area contributed by atoms with Gasteiger partial charge in [0.25, 0.3) is 11.8 Å². The molecule has 1 aliphatic heterocycles. The van der Waals surface area contributed by atoms with Crippen molar-refractivity contribution in [3.8, 4) is 11.5 Å². The second-order valence-corrected chi connectivity index (χ2v) is 7.36. The fraction of sp³-hybridized carbons (Fsp3) is 0.250. The average molecular weight is 404 g/mol. The number of hydrogen-bond acceptors (Lipinski definition) is 5. The first-order valence-electron chi connectivity index (χ1n) is 10.0. The second kappa shape index (κ2) is 8.55. The highest BCUT2D eigenvalue weighted by molar-refractivity contribution is 6.25. The van der Waals surface area contributed by atoms with E-state index in [0.717, 1.165) is 35.7 Å². The van der Waals surface area contributed by atoms with Gasteiger partial charge < -0.3 is 15.2 Å². The molecular formula is C24H24N2O4. The molecule has 0 aliphatic carbocycles. The number of nitrogens with zero attached hydrogens (tertiary/aromatic N) is 1. The summed E-state index contributed by atoms with van der Waals surface area (Å²) >= 11 is 0. The van der Waals surface area contributed by atoms with E-state index in [1.54, 1.807) is 24.3 Å². The average Bonchev–Trinajstić information content (AvgIpc) is 2.77. The Morgan fingerprint density at radius 2 is 1.67 bits per heavy atom. The van der Waals surface area contributed by atoms with Crippen LogP contribution >= 0.6 is 0 Å². The summed E-state index contributed by atoms with van der Waals surface area (Å²) < 4.78 is 5.12. The number of ether oxygens (including phenoxy) is 1. The lowest BCUT2D eigenvalue weighted by atomic mass is 9.94. The van der Waals surface area contributed by atoms with Crippen molar-refractivity contribution in [2.45, 2.75) is 19.4 Å². The standard InChI is InChI=1S/C24H24N2O4/c1-30-21-14-16(10-11-20(21)27)15-25-12-2-3-13-26-23(28)18-8-4-6-17-7-5-9-19(22(17)18)24(26)29/h4-11,14,25,27H,2-3,12-13,15H2,1H3. The number of nitrogens with one attached hydrogen (secondary N) is 1. The highest BCUT2D eigenvalue weighted by atomic mass is 16.5. The van der Waals surface area contributed by atoms with E-state index in [1.807, 2.05) is 30.3 Å². The normalized spacial score (nSPS) is 13.2. The molecule has 0 bridgehead atoms. The Kier molecular flexibility index (Phi) is 5.68. The lowest BCUT2D eigenvalue weighted by Crippen LogP contribution is -2.41. The summed E-state index contributed by atoms with van der Waals surface area (Å²) in [6, 6.07) is 16.4. The van der Waals surface area contributed by atoms with Crippen molar-refractivity contribution in [3.63, 3.8) is 0 Å². The fourth-order valence-corrected chi connectivity index (χ4v) is 3.87. The van der Waals surface area contributed by atoms with E-state index < -0.39 is 0 Å². The number of rotatable bonds is 8. The summed E-state index contributed by atoms with van der Waals surface area (Å²) in [5, 5.41) is 14.7. The number of benzene rings is 3. The molecule has 0 fully saturated rings. The maximum atomic E-state index is 12.9.